The Bertz CT molecular complexity index is 444. The molecule has 0 radical (unpaired) electrons. The Morgan fingerprint density at radius 3 is 2.33 bits per heavy atom. The molecular formula is C18H30O2Si. The molecule has 0 saturated heterocycles. The van der Waals surface area contributed by atoms with Gasteiger partial charge in [-0.3, -0.25) is 0 Å². The van der Waals surface area contributed by atoms with Gasteiger partial charge in [0.25, 0.3) is 0 Å². The molecule has 0 aliphatic carbocycles. The second kappa shape index (κ2) is 7.92. The van der Waals surface area contributed by atoms with Crippen LogP contribution in [0.4, 0.5) is 0 Å². The van der Waals surface area contributed by atoms with E-state index in [-0.39, 0.29) is 5.04 Å². The number of ether oxygens (including phenoxy) is 1. The highest BCUT2D eigenvalue weighted by atomic mass is 28.4. The number of hydrogen-bond acceptors (Lipinski definition) is 2. The highest BCUT2D eigenvalue weighted by Crippen LogP contribution is 2.36. The van der Waals surface area contributed by atoms with Crippen LogP contribution < -0.4 is 0 Å². The Balaban J connectivity index is 2.31. The first-order valence-corrected chi connectivity index (χ1v) is 10.5. The van der Waals surface area contributed by atoms with Crippen molar-refractivity contribution in [2.45, 2.75) is 52.4 Å². The van der Waals surface area contributed by atoms with E-state index in [1.165, 1.54) is 11.1 Å². The summed E-state index contributed by atoms with van der Waals surface area (Å²) >= 11 is 0. The molecule has 1 aromatic carbocycles. The van der Waals surface area contributed by atoms with E-state index in [4.69, 9.17) is 9.16 Å². The Hall–Kier alpha value is -0.903. The fraction of sp³-hybridized carbons (Fsp3) is 0.556. The van der Waals surface area contributed by atoms with E-state index in [9.17, 15) is 0 Å². The molecule has 1 aromatic rings. The third-order valence-corrected chi connectivity index (χ3v) is 8.62. The van der Waals surface area contributed by atoms with E-state index in [0.717, 1.165) is 0 Å². The van der Waals surface area contributed by atoms with Gasteiger partial charge in [-0.05, 0) is 36.2 Å². The van der Waals surface area contributed by atoms with Crippen molar-refractivity contribution in [3.05, 3.63) is 47.5 Å². The van der Waals surface area contributed by atoms with Crippen LogP contribution in [0.5, 0.6) is 0 Å². The lowest BCUT2D eigenvalue weighted by atomic mass is 10.2. The molecule has 0 amide bonds. The van der Waals surface area contributed by atoms with Crippen molar-refractivity contribution in [1.82, 2.24) is 0 Å². The van der Waals surface area contributed by atoms with Gasteiger partial charge < -0.3 is 9.16 Å². The lowest BCUT2D eigenvalue weighted by molar-refractivity contribution is 0.142. The molecular weight excluding hydrogens is 276 g/mol. The average Bonchev–Trinajstić information content (AvgIpc) is 2.38. The third kappa shape index (κ3) is 6.59. The molecule has 2 nitrogen and oxygen atoms in total. The molecule has 0 fully saturated rings. The van der Waals surface area contributed by atoms with Crippen LogP contribution in [0, 0.1) is 0 Å². The van der Waals surface area contributed by atoms with E-state index < -0.39 is 8.32 Å². The van der Waals surface area contributed by atoms with Crippen molar-refractivity contribution >= 4 is 8.32 Å². The molecule has 21 heavy (non-hydrogen) atoms. The summed E-state index contributed by atoms with van der Waals surface area (Å²) in [5.41, 5.74) is 2.44. The fourth-order valence-electron chi connectivity index (χ4n) is 1.57. The summed E-state index contributed by atoms with van der Waals surface area (Å²) in [6.07, 6.45) is 2.14. The maximum atomic E-state index is 6.14. The smallest absolute Gasteiger partial charge is 0.192 e. The van der Waals surface area contributed by atoms with Crippen LogP contribution >= 0.6 is 0 Å². The third-order valence-electron chi connectivity index (χ3n) is 4.12. The zero-order chi connectivity index (χ0) is 15.9. The molecule has 118 valence electrons. The minimum absolute atomic E-state index is 0.262. The van der Waals surface area contributed by atoms with Gasteiger partial charge in [0.15, 0.2) is 8.32 Å². The molecule has 0 heterocycles. The molecule has 0 saturated carbocycles. The van der Waals surface area contributed by atoms with E-state index >= 15 is 0 Å². The predicted molar refractivity (Wildman–Crippen MR) is 93.0 cm³/mol. The average molecular weight is 307 g/mol. The van der Waals surface area contributed by atoms with Crippen molar-refractivity contribution < 1.29 is 9.16 Å². The van der Waals surface area contributed by atoms with E-state index in [1.807, 2.05) is 18.2 Å². The lowest BCUT2D eigenvalue weighted by Crippen LogP contribution is -2.40. The standard InChI is InChI=1S/C18H30O2Si/c1-16(12-13-20-21(5,6)18(2,3)4)14-19-15-17-10-8-7-9-11-17/h7-12H,13-15H2,1-6H3/b16-12-. The molecule has 0 N–H and O–H groups in total. The minimum atomic E-state index is -1.64. The summed E-state index contributed by atoms with van der Waals surface area (Å²) in [6.45, 7) is 15.5. The molecule has 3 heteroatoms. The maximum absolute atomic E-state index is 6.14. The van der Waals surface area contributed by atoms with Crippen molar-refractivity contribution in [1.29, 1.82) is 0 Å². The van der Waals surface area contributed by atoms with Gasteiger partial charge in [-0.25, -0.2) is 0 Å². The molecule has 0 aromatic heterocycles. The van der Waals surface area contributed by atoms with E-state index in [2.05, 4.69) is 59.0 Å². The fourth-order valence-corrected chi connectivity index (χ4v) is 2.50. The highest BCUT2D eigenvalue weighted by Gasteiger charge is 2.36. The van der Waals surface area contributed by atoms with Crippen LogP contribution in [0.25, 0.3) is 0 Å². The van der Waals surface area contributed by atoms with Gasteiger partial charge in [-0.1, -0.05) is 57.2 Å². The van der Waals surface area contributed by atoms with Gasteiger partial charge in [0.1, 0.15) is 0 Å². The number of benzene rings is 1. The van der Waals surface area contributed by atoms with Crippen LogP contribution in [0.15, 0.2) is 42.0 Å². The maximum Gasteiger partial charge on any atom is 0.192 e. The van der Waals surface area contributed by atoms with E-state index in [1.54, 1.807) is 0 Å². The van der Waals surface area contributed by atoms with Crippen LogP contribution in [0.3, 0.4) is 0 Å². The Morgan fingerprint density at radius 1 is 1.14 bits per heavy atom. The summed E-state index contributed by atoms with van der Waals surface area (Å²) < 4.78 is 11.9. The first kappa shape index (κ1) is 18.1. The topological polar surface area (TPSA) is 18.5 Å². The van der Waals surface area contributed by atoms with Gasteiger partial charge >= 0.3 is 0 Å². The van der Waals surface area contributed by atoms with Gasteiger partial charge in [-0.2, -0.15) is 0 Å². The van der Waals surface area contributed by atoms with Crippen molar-refractivity contribution in [2.75, 3.05) is 13.2 Å². The van der Waals surface area contributed by atoms with Gasteiger partial charge in [0.2, 0.25) is 0 Å². The van der Waals surface area contributed by atoms with Crippen molar-refractivity contribution in [2.24, 2.45) is 0 Å². The zero-order valence-electron chi connectivity index (χ0n) is 14.4. The molecule has 0 aliphatic rings. The first-order chi connectivity index (χ1) is 9.72. The van der Waals surface area contributed by atoms with Gasteiger partial charge in [0, 0.05) is 0 Å². The van der Waals surface area contributed by atoms with Crippen LogP contribution in [0.1, 0.15) is 33.3 Å². The normalized spacial score (nSPS) is 13.5. The molecule has 0 spiro atoms. The first-order valence-electron chi connectivity index (χ1n) is 7.63. The summed E-state index contributed by atoms with van der Waals surface area (Å²) in [7, 11) is -1.64. The number of hydrogen-bond donors (Lipinski definition) is 0. The van der Waals surface area contributed by atoms with Crippen molar-refractivity contribution in [3.63, 3.8) is 0 Å². The predicted octanol–water partition coefficient (Wildman–Crippen LogP) is 5.17. The Morgan fingerprint density at radius 2 is 1.76 bits per heavy atom. The second-order valence-corrected chi connectivity index (χ2v) is 11.9. The van der Waals surface area contributed by atoms with Crippen LogP contribution in [-0.2, 0) is 15.8 Å². The summed E-state index contributed by atoms with van der Waals surface area (Å²) in [5, 5.41) is 0.262. The molecule has 0 atom stereocenters. The summed E-state index contributed by atoms with van der Waals surface area (Å²) in [6, 6.07) is 10.3. The summed E-state index contributed by atoms with van der Waals surface area (Å²) in [4.78, 5) is 0. The number of rotatable bonds is 7. The quantitative estimate of drug-likeness (QED) is 0.511. The van der Waals surface area contributed by atoms with Crippen molar-refractivity contribution in [3.8, 4) is 0 Å². The van der Waals surface area contributed by atoms with Crippen LogP contribution in [0.2, 0.25) is 18.1 Å². The second-order valence-electron chi connectivity index (χ2n) is 7.10. The Kier molecular flexibility index (Phi) is 6.85. The Labute approximate surface area is 131 Å². The molecule has 0 unspecified atom stereocenters. The molecule has 0 aliphatic heterocycles. The van der Waals surface area contributed by atoms with Gasteiger partial charge in [-0.15, -0.1) is 0 Å². The molecule has 1 rings (SSSR count). The molecule has 0 bridgehead atoms. The van der Waals surface area contributed by atoms with Gasteiger partial charge in [0.05, 0.1) is 19.8 Å². The SMILES string of the molecule is C/C(=C/CO[Si](C)(C)C(C)(C)C)COCc1ccccc1. The highest BCUT2D eigenvalue weighted by molar-refractivity contribution is 6.74. The van der Waals surface area contributed by atoms with E-state index in [0.29, 0.717) is 19.8 Å². The minimum Gasteiger partial charge on any atom is -0.413 e. The lowest BCUT2D eigenvalue weighted by Gasteiger charge is -2.35. The van der Waals surface area contributed by atoms with Crippen LogP contribution in [-0.4, -0.2) is 21.5 Å². The zero-order valence-corrected chi connectivity index (χ0v) is 15.4. The summed E-state index contributed by atoms with van der Waals surface area (Å²) in [5.74, 6) is 0. The largest absolute Gasteiger partial charge is 0.413 e. The monoisotopic (exact) mass is 306 g/mol.